The van der Waals surface area contributed by atoms with E-state index in [0.717, 1.165) is 49.3 Å². The number of H-pyrrole nitrogens is 1. The van der Waals surface area contributed by atoms with Crippen molar-refractivity contribution in [3.8, 4) is 22.1 Å². The molecule has 156 valence electrons. The fourth-order valence-electron chi connectivity index (χ4n) is 4.30. The second-order valence-corrected chi connectivity index (χ2v) is 11.7. The van der Waals surface area contributed by atoms with Gasteiger partial charge in [0.1, 0.15) is 11.4 Å². The summed E-state index contributed by atoms with van der Waals surface area (Å²) in [4.78, 5) is 28.6. The highest BCUT2D eigenvalue weighted by molar-refractivity contribution is 7.20. The summed E-state index contributed by atoms with van der Waals surface area (Å²) in [6, 6.07) is 9.44. The monoisotopic (exact) mass is 486 g/mol. The summed E-state index contributed by atoms with van der Waals surface area (Å²) >= 11 is 15.4. The van der Waals surface area contributed by atoms with Gasteiger partial charge in [-0.2, -0.15) is 0 Å². The van der Waals surface area contributed by atoms with E-state index in [1.165, 1.54) is 22.7 Å². The highest BCUT2D eigenvalue weighted by atomic mass is 35.5. The number of imidazole rings is 2. The number of fused-ring (bicyclic) bond motifs is 4. The molecule has 0 aliphatic heterocycles. The Kier molecular flexibility index (Phi) is 4.18. The van der Waals surface area contributed by atoms with Crippen molar-refractivity contribution in [2.45, 2.75) is 26.7 Å². The number of hydrogen-bond acceptors (Lipinski definition) is 5. The minimum absolute atomic E-state index is 0.104. The number of hydrogen-bond donors (Lipinski definition) is 1. The number of nitrogens with one attached hydrogen (secondary N) is 1. The van der Waals surface area contributed by atoms with Gasteiger partial charge in [0.05, 0.1) is 25.1 Å². The molecule has 4 heterocycles. The maximum absolute atomic E-state index is 12.9. The third-order valence-electron chi connectivity index (χ3n) is 5.59. The average molecular weight is 487 g/mol. The SMILES string of the molecule is CC1(C)CC(=O)c2sc3nc(-c4ccc(Cl)s4)c(-c4nc5ccc(Cl)cc5[nH]4)n3c2C1. The number of halogens is 2. The van der Waals surface area contributed by atoms with Crippen LogP contribution in [0.25, 0.3) is 38.1 Å². The predicted molar refractivity (Wildman–Crippen MR) is 128 cm³/mol. The number of thiophene rings is 1. The summed E-state index contributed by atoms with van der Waals surface area (Å²) in [6.07, 6.45) is 1.35. The fourth-order valence-corrected chi connectivity index (χ4v) is 6.59. The minimum atomic E-state index is -0.104. The molecule has 0 fully saturated rings. The number of Topliss-reactive ketones (excluding diaryl/α,β-unsaturated/α-hetero) is 1. The molecule has 6 rings (SSSR count). The van der Waals surface area contributed by atoms with E-state index in [1.54, 1.807) is 0 Å². The van der Waals surface area contributed by atoms with Crippen LogP contribution in [-0.2, 0) is 6.42 Å². The van der Waals surface area contributed by atoms with E-state index in [2.05, 4.69) is 23.2 Å². The third-order valence-corrected chi connectivity index (χ3v) is 8.18. The lowest BCUT2D eigenvalue weighted by atomic mass is 9.78. The molecule has 0 spiro atoms. The Morgan fingerprint density at radius 1 is 1.10 bits per heavy atom. The molecule has 9 heteroatoms. The number of aromatic nitrogens is 4. The van der Waals surface area contributed by atoms with Crippen LogP contribution < -0.4 is 0 Å². The molecule has 5 nitrogen and oxygen atoms in total. The zero-order valence-electron chi connectivity index (χ0n) is 16.6. The van der Waals surface area contributed by atoms with Crippen LogP contribution in [0.5, 0.6) is 0 Å². The van der Waals surface area contributed by atoms with Crippen LogP contribution in [-0.4, -0.2) is 25.1 Å². The molecule has 0 saturated heterocycles. The van der Waals surface area contributed by atoms with E-state index in [-0.39, 0.29) is 11.2 Å². The van der Waals surface area contributed by atoms with Crippen LogP contribution in [0, 0.1) is 5.41 Å². The van der Waals surface area contributed by atoms with E-state index in [9.17, 15) is 4.79 Å². The zero-order valence-corrected chi connectivity index (χ0v) is 19.8. The van der Waals surface area contributed by atoms with E-state index >= 15 is 0 Å². The largest absolute Gasteiger partial charge is 0.337 e. The number of thiazole rings is 1. The van der Waals surface area contributed by atoms with Crippen molar-refractivity contribution in [1.29, 1.82) is 0 Å². The second-order valence-electron chi connectivity index (χ2n) is 8.60. The van der Waals surface area contributed by atoms with Gasteiger partial charge in [-0.25, -0.2) is 9.97 Å². The highest BCUT2D eigenvalue weighted by Crippen LogP contribution is 2.44. The Labute approximate surface area is 195 Å². The molecule has 0 amide bonds. The molecule has 0 unspecified atom stereocenters. The van der Waals surface area contributed by atoms with Crippen molar-refractivity contribution in [1.82, 2.24) is 19.4 Å². The van der Waals surface area contributed by atoms with E-state index in [0.29, 0.717) is 21.6 Å². The molecular weight excluding hydrogens is 471 g/mol. The molecule has 1 aliphatic carbocycles. The maximum atomic E-state index is 12.9. The molecular formula is C22H16Cl2N4OS2. The van der Waals surface area contributed by atoms with Gasteiger partial charge in [-0.05, 0) is 42.2 Å². The van der Waals surface area contributed by atoms with Gasteiger partial charge in [0.2, 0.25) is 0 Å². The Hall–Kier alpha value is -2.19. The van der Waals surface area contributed by atoms with Crippen molar-refractivity contribution < 1.29 is 4.79 Å². The quantitative estimate of drug-likeness (QED) is 0.288. The molecule has 1 N–H and O–H groups in total. The first-order chi connectivity index (χ1) is 14.8. The molecule has 0 bridgehead atoms. The lowest BCUT2D eigenvalue weighted by molar-refractivity contribution is 0.0915. The minimum Gasteiger partial charge on any atom is -0.337 e. The number of rotatable bonds is 2. The first-order valence-corrected chi connectivity index (χ1v) is 12.2. The molecule has 4 aromatic heterocycles. The Bertz CT molecular complexity index is 1520. The van der Waals surface area contributed by atoms with Crippen LogP contribution in [0.15, 0.2) is 30.3 Å². The lowest BCUT2D eigenvalue weighted by Gasteiger charge is -2.28. The van der Waals surface area contributed by atoms with Crippen LogP contribution in [0.4, 0.5) is 0 Å². The van der Waals surface area contributed by atoms with Gasteiger partial charge in [-0.1, -0.05) is 48.4 Å². The normalized spacial score (nSPS) is 15.8. The first-order valence-electron chi connectivity index (χ1n) is 9.78. The standard InChI is InChI=1S/C22H16Cl2N4OS2/c1-22(2)8-13-19(14(29)9-22)31-21-27-17(15-5-6-16(24)30-15)18(28(13)21)20-25-11-4-3-10(23)7-12(11)26-20/h3-7H,8-9H2,1-2H3,(H,25,26). The van der Waals surface area contributed by atoms with E-state index < -0.39 is 0 Å². The van der Waals surface area contributed by atoms with Gasteiger partial charge in [0.15, 0.2) is 16.6 Å². The van der Waals surface area contributed by atoms with E-state index in [1.807, 2.05) is 30.3 Å². The smallest absolute Gasteiger partial charge is 0.195 e. The molecule has 0 radical (unpaired) electrons. The Balaban J connectivity index is 1.69. The number of ketones is 1. The topological polar surface area (TPSA) is 63.0 Å². The van der Waals surface area contributed by atoms with Crippen molar-refractivity contribution in [2.75, 3.05) is 0 Å². The van der Waals surface area contributed by atoms with Gasteiger partial charge in [0.25, 0.3) is 0 Å². The van der Waals surface area contributed by atoms with Crippen LogP contribution in [0.3, 0.4) is 0 Å². The number of benzene rings is 1. The van der Waals surface area contributed by atoms with Gasteiger partial charge in [-0.15, -0.1) is 11.3 Å². The van der Waals surface area contributed by atoms with Gasteiger partial charge in [0, 0.05) is 17.1 Å². The maximum Gasteiger partial charge on any atom is 0.195 e. The molecule has 1 aromatic carbocycles. The molecule has 31 heavy (non-hydrogen) atoms. The summed E-state index contributed by atoms with van der Waals surface area (Å²) < 4.78 is 2.81. The Morgan fingerprint density at radius 2 is 1.94 bits per heavy atom. The van der Waals surface area contributed by atoms with Crippen LogP contribution in [0.1, 0.15) is 35.6 Å². The van der Waals surface area contributed by atoms with Gasteiger partial charge in [-0.3, -0.25) is 9.20 Å². The first kappa shape index (κ1) is 19.5. The van der Waals surface area contributed by atoms with Crippen molar-refractivity contribution >= 4 is 67.7 Å². The summed E-state index contributed by atoms with van der Waals surface area (Å²) in [5.74, 6) is 0.880. The molecule has 0 saturated carbocycles. The zero-order chi connectivity index (χ0) is 21.5. The summed E-state index contributed by atoms with van der Waals surface area (Å²) in [6.45, 7) is 4.27. The van der Waals surface area contributed by atoms with Gasteiger partial charge >= 0.3 is 0 Å². The molecule has 5 aromatic rings. The van der Waals surface area contributed by atoms with Crippen molar-refractivity contribution in [3.63, 3.8) is 0 Å². The summed E-state index contributed by atoms with van der Waals surface area (Å²) in [7, 11) is 0. The van der Waals surface area contributed by atoms with Crippen LogP contribution in [0.2, 0.25) is 9.36 Å². The third kappa shape index (κ3) is 3.06. The summed E-state index contributed by atoms with van der Waals surface area (Å²) in [5, 5.41) is 0.645. The Morgan fingerprint density at radius 3 is 2.71 bits per heavy atom. The highest BCUT2D eigenvalue weighted by Gasteiger charge is 2.36. The average Bonchev–Trinajstić information content (AvgIpc) is 3.42. The number of nitrogens with zero attached hydrogens (tertiary/aromatic N) is 3. The lowest BCUT2D eigenvalue weighted by Crippen LogP contribution is -2.26. The fraction of sp³-hybridized carbons (Fsp3) is 0.227. The van der Waals surface area contributed by atoms with E-state index in [4.69, 9.17) is 33.2 Å². The molecule has 1 aliphatic rings. The van der Waals surface area contributed by atoms with Crippen molar-refractivity contribution in [2.24, 2.45) is 5.41 Å². The summed E-state index contributed by atoms with van der Waals surface area (Å²) in [5.41, 5.74) is 4.25. The van der Waals surface area contributed by atoms with Gasteiger partial charge < -0.3 is 4.98 Å². The number of aromatic amines is 1. The number of carbonyl (C=O) groups excluding carboxylic acids is 1. The molecule has 0 atom stereocenters. The second kappa shape index (κ2) is 6.65. The number of carbonyl (C=O) groups is 1. The van der Waals surface area contributed by atoms with Crippen LogP contribution >= 0.6 is 45.9 Å². The van der Waals surface area contributed by atoms with Crippen molar-refractivity contribution in [3.05, 3.63) is 50.3 Å². The predicted octanol–water partition coefficient (Wildman–Crippen LogP) is 7.13.